The van der Waals surface area contributed by atoms with Crippen LogP contribution < -0.4 is 5.73 Å². The lowest BCUT2D eigenvalue weighted by molar-refractivity contribution is -0.384. The highest BCUT2D eigenvalue weighted by Crippen LogP contribution is 2.35. The highest BCUT2D eigenvalue weighted by atomic mass is 16.6. The van der Waals surface area contributed by atoms with E-state index in [2.05, 4.69) is 4.90 Å². The molecule has 2 heterocycles. The summed E-state index contributed by atoms with van der Waals surface area (Å²) in [5.74, 6) is -0.881. The molecular formula is C18H18N4O4. The van der Waals surface area contributed by atoms with Gasteiger partial charge in [-0.2, -0.15) is 0 Å². The first kappa shape index (κ1) is 16.5. The summed E-state index contributed by atoms with van der Waals surface area (Å²) in [7, 11) is 0. The van der Waals surface area contributed by atoms with E-state index in [1.165, 1.54) is 23.1 Å². The zero-order chi connectivity index (χ0) is 18.4. The first-order valence-corrected chi connectivity index (χ1v) is 8.56. The number of benzene rings is 2. The molecule has 2 aliphatic heterocycles. The maximum Gasteiger partial charge on any atom is 0.270 e. The van der Waals surface area contributed by atoms with Crippen LogP contribution in [0, 0.1) is 10.1 Å². The highest BCUT2D eigenvalue weighted by molar-refractivity contribution is 6.26. The molecule has 0 atom stereocenters. The van der Waals surface area contributed by atoms with Crippen LogP contribution in [0.2, 0.25) is 0 Å². The van der Waals surface area contributed by atoms with Crippen molar-refractivity contribution in [2.75, 3.05) is 31.9 Å². The summed E-state index contributed by atoms with van der Waals surface area (Å²) in [6.45, 7) is 2.78. The normalized spacial score (nSPS) is 17.3. The van der Waals surface area contributed by atoms with Crippen LogP contribution >= 0.6 is 0 Å². The van der Waals surface area contributed by atoms with Crippen LogP contribution in [0.25, 0.3) is 10.8 Å². The van der Waals surface area contributed by atoms with Gasteiger partial charge < -0.3 is 10.6 Å². The van der Waals surface area contributed by atoms with Crippen LogP contribution in [0.4, 0.5) is 11.4 Å². The molecule has 2 aromatic rings. The van der Waals surface area contributed by atoms with Crippen molar-refractivity contribution in [3.8, 4) is 0 Å². The summed E-state index contributed by atoms with van der Waals surface area (Å²) >= 11 is 0. The van der Waals surface area contributed by atoms with Gasteiger partial charge >= 0.3 is 0 Å². The number of hydrogen-bond acceptors (Lipinski definition) is 6. The van der Waals surface area contributed by atoms with Gasteiger partial charge in [0.15, 0.2) is 0 Å². The Hall–Kier alpha value is -3.00. The van der Waals surface area contributed by atoms with E-state index in [-0.39, 0.29) is 17.8 Å². The van der Waals surface area contributed by atoms with Crippen LogP contribution in [-0.4, -0.2) is 52.7 Å². The highest BCUT2D eigenvalue weighted by Gasteiger charge is 2.34. The van der Waals surface area contributed by atoms with E-state index in [0.717, 1.165) is 25.9 Å². The lowest BCUT2D eigenvalue weighted by atomic mass is 9.92. The summed E-state index contributed by atoms with van der Waals surface area (Å²) in [6.07, 6.45) is 2.24. The quantitative estimate of drug-likeness (QED) is 0.389. The molecule has 0 spiro atoms. The second-order valence-electron chi connectivity index (χ2n) is 6.73. The van der Waals surface area contributed by atoms with Crippen LogP contribution in [0.3, 0.4) is 0 Å². The van der Waals surface area contributed by atoms with E-state index in [4.69, 9.17) is 5.73 Å². The Morgan fingerprint density at radius 2 is 1.65 bits per heavy atom. The fraction of sp³-hybridized carbons (Fsp3) is 0.333. The van der Waals surface area contributed by atoms with E-state index in [1.54, 1.807) is 6.07 Å². The van der Waals surface area contributed by atoms with Gasteiger partial charge in [-0.3, -0.25) is 24.6 Å². The third kappa shape index (κ3) is 2.59. The average molecular weight is 354 g/mol. The van der Waals surface area contributed by atoms with Gasteiger partial charge in [-0.1, -0.05) is 0 Å². The molecule has 0 unspecified atom stereocenters. The number of nitro benzene ring substituents is 1. The van der Waals surface area contributed by atoms with Crippen LogP contribution in [0.5, 0.6) is 0 Å². The molecule has 1 saturated heterocycles. The summed E-state index contributed by atoms with van der Waals surface area (Å²) < 4.78 is 0. The Labute approximate surface area is 149 Å². The minimum absolute atomic E-state index is 0.185. The van der Waals surface area contributed by atoms with Crippen LogP contribution in [0.15, 0.2) is 24.3 Å². The third-order valence-corrected chi connectivity index (χ3v) is 5.06. The standard InChI is InChI=1S/C18H18N4O4/c19-12-7-11-8-13(22(25)26)10-15-16(11)14(9-12)17(23)21(18(15)24)6-5-20-3-1-2-4-20/h7-10H,1-6,19H2. The van der Waals surface area contributed by atoms with Crippen LogP contribution in [0.1, 0.15) is 33.6 Å². The molecule has 0 bridgehead atoms. The van der Waals surface area contributed by atoms with Gasteiger partial charge in [-0.25, -0.2) is 0 Å². The second-order valence-corrected chi connectivity index (χ2v) is 6.73. The number of non-ortho nitro benzene ring substituents is 1. The monoisotopic (exact) mass is 354 g/mol. The smallest absolute Gasteiger partial charge is 0.270 e. The van der Waals surface area contributed by atoms with E-state index in [0.29, 0.717) is 28.6 Å². The molecule has 1 fully saturated rings. The van der Waals surface area contributed by atoms with Gasteiger partial charge in [0.2, 0.25) is 0 Å². The lowest BCUT2D eigenvalue weighted by Crippen LogP contribution is -2.44. The summed E-state index contributed by atoms with van der Waals surface area (Å²) in [4.78, 5) is 39.9. The molecule has 2 aliphatic rings. The van der Waals surface area contributed by atoms with Gasteiger partial charge in [0.1, 0.15) is 0 Å². The number of carbonyl (C=O) groups excluding carboxylic acids is 2. The van der Waals surface area contributed by atoms with E-state index in [9.17, 15) is 19.7 Å². The molecule has 0 saturated carbocycles. The maximum absolute atomic E-state index is 12.9. The first-order chi connectivity index (χ1) is 12.5. The minimum Gasteiger partial charge on any atom is -0.399 e. The predicted molar refractivity (Wildman–Crippen MR) is 96.1 cm³/mol. The Kier molecular flexibility index (Phi) is 3.84. The summed E-state index contributed by atoms with van der Waals surface area (Å²) in [5, 5.41) is 12.1. The number of amides is 2. The Balaban J connectivity index is 1.79. The molecular weight excluding hydrogens is 336 g/mol. The van der Waals surface area contributed by atoms with E-state index < -0.39 is 16.7 Å². The van der Waals surface area contributed by atoms with Crippen LogP contribution in [-0.2, 0) is 0 Å². The van der Waals surface area contributed by atoms with Crippen molar-refractivity contribution in [2.24, 2.45) is 0 Å². The molecule has 2 N–H and O–H groups in total. The number of imide groups is 1. The number of rotatable bonds is 4. The zero-order valence-electron chi connectivity index (χ0n) is 14.1. The molecule has 8 heteroatoms. The molecule has 0 aliphatic carbocycles. The number of nitro groups is 1. The van der Waals surface area contributed by atoms with E-state index in [1.807, 2.05) is 0 Å². The van der Waals surface area contributed by atoms with Gasteiger partial charge in [0.05, 0.1) is 16.1 Å². The molecule has 0 aromatic heterocycles. The SMILES string of the molecule is Nc1cc2c3c(cc([N+](=O)[O-])cc3c1)C(=O)N(CCN1CCCC1)C2=O. The van der Waals surface area contributed by atoms with Crippen molar-refractivity contribution >= 4 is 34.0 Å². The molecule has 2 amide bonds. The second kappa shape index (κ2) is 6.06. The number of nitrogen functional groups attached to an aromatic ring is 1. The van der Waals surface area contributed by atoms with Gasteiger partial charge in [-0.05, 0) is 43.5 Å². The number of hydrogen-bond donors (Lipinski definition) is 1. The van der Waals surface area contributed by atoms with Crippen molar-refractivity contribution in [1.82, 2.24) is 9.80 Å². The number of likely N-dealkylation sites (tertiary alicyclic amines) is 1. The third-order valence-electron chi connectivity index (χ3n) is 5.06. The Morgan fingerprint density at radius 3 is 2.31 bits per heavy atom. The first-order valence-electron chi connectivity index (χ1n) is 8.56. The Morgan fingerprint density at radius 1 is 1.00 bits per heavy atom. The number of nitrogens with zero attached hydrogens (tertiary/aromatic N) is 3. The fourth-order valence-corrected chi connectivity index (χ4v) is 3.80. The lowest BCUT2D eigenvalue weighted by Gasteiger charge is -2.28. The maximum atomic E-state index is 12.9. The topological polar surface area (TPSA) is 110 Å². The zero-order valence-corrected chi connectivity index (χ0v) is 14.1. The minimum atomic E-state index is -0.545. The van der Waals surface area contributed by atoms with E-state index >= 15 is 0 Å². The van der Waals surface area contributed by atoms with Crippen molar-refractivity contribution in [1.29, 1.82) is 0 Å². The molecule has 4 rings (SSSR count). The predicted octanol–water partition coefficient (Wildman–Crippen LogP) is 2.02. The van der Waals surface area contributed by atoms with Crippen molar-refractivity contribution in [2.45, 2.75) is 12.8 Å². The van der Waals surface area contributed by atoms with Gasteiger partial charge in [0.25, 0.3) is 17.5 Å². The van der Waals surface area contributed by atoms with Crippen molar-refractivity contribution in [3.05, 3.63) is 45.5 Å². The molecule has 134 valence electrons. The molecule has 2 aromatic carbocycles. The van der Waals surface area contributed by atoms with Gasteiger partial charge in [-0.15, -0.1) is 0 Å². The average Bonchev–Trinajstić information content (AvgIpc) is 3.12. The molecule has 0 radical (unpaired) electrons. The van der Waals surface area contributed by atoms with Crippen molar-refractivity contribution in [3.63, 3.8) is 0 Å². The molecule has 26 heavy (non-hydrogen) atoms. The van der Waals surface area contributed by atoms with Gasteiger partial charge in [0, 0.05) is 36.3 Å². The Bertz CT molecular complexity index is 950. The number of carbonyl (C=O) groups is 2. The largest absolute Gasteiger partial charge is 0.399 e. The number of anilines is 1. The fourth-order valence-electron chi connectivity index (χ4n) is 3.80. The summed E-state index contributed by atoms with van der Waals surface area (Å²) in [6, 6.07) is 5.68. The number of nitrogens with two attached hydrogens (primary N) is 1. The summed E-state index contributed by atoms with van der Waals surface area (Å²) in [5.41, 5.74) is 6.54. The molecule has 8 nitrogen and oxygen atoms in total. The van der Waals surface area contributed by atoms with Crippen molar-refractivity contribution < 1.29 is 14.5 Å².